The van der Waals surface area contributed by atoms with Crippen LogP contribution >= 0.6 is 12.2 Å². The number of nitrogens with one attached hydrogen (secondary N) is 1. The first-order valence-corrected chi connectivity index (χ1v) is 7.34. The molecule has 120 valence electrons. The summed E-state index contributed by atoms with van der Waals surface area (Å²) in [7, 11) is 1.78. The van der Waals surface area contributed by atoms with Crippen molar-refractivity contribution in [2.24, 2.45) is 0 Å². The number of hydrazine groups is 1. The molecule has 1 atom stereocenters. The monoisotopic (exact) mass is 337 g/mol. The Morgan fingerprint density at radius 2 is 1.61 bits per heavy atom. The van der Waals surface area contributed by atoms with Crippen molar-refractivity contribution < 1.29 is 13.2 Å². The predicted octanol–water partition coefficient (Wildman–Crippen LogP) is 3.95. The van der Waals surface area contributed by atoms with Gasteiger partial charge in [0, 0.05) is 12.7 Å². The van der Waals surface area contributed by atoms with Crippen molar-refractivity contribution in [2.45, 2.75) is 12.3 Å². The van der Waals surface area contributed by atoms with E-state index in [1.165, 1.54) is 12.1 Å². The van der Waals surface area contributed by atoms with E-state index >= 15 is 0 Å². The van der Waals surface area contributed by atoms with E-state index in [4.69, 9.17) is 12.2 Å². The zero-order valence-electron chi connectivity index (χ0n) is 12.2. The van der Waals surface area contributed by atoms with Gasteiger partial charge in [-0.3, -0.25) is 9.91 Å². The molecule has 2 aromatic rings. The van der Waals surface area contributed by atoms with Crippen LogP contribution in [0.3, 0.4) is 0 Å². The Bertz CT molecular complexity index is 701. The molecule has 1 aliphatic heterocycles. The van der Waals surface area contributed by atoms with E-state index in [1.807, 2.05) is 35.2 Å². The van der Waals surface area contributed by atoms with Crippen molar-refractivity contribution in [2.75, 3.05) is 11.9 Å². The molecular formula is C16H14F3N3S. The summed E-state index contributed by atoms with van der Waals surface area (Å²) in [6, 6.07) is 14.6. The second kappa shape index (κ2) is 5.82. The molecule has 0 aliphatic carbocycles. The number of thiocarbonyl (C=S) groups is 1. The van der Waals surface area contributed by atoms with E-state index in [9.17, 15) is 13.2 Å². The summed E-state index contributed by atoms with van der Waals surface area (Å²) in [5.41, 5.74) is 4.07. The third kappa shape index (κ3) is 3.02. The number of benzene rings is 2. The van der Waals surface area contributed by atoms with E-state index in [-0.39, 0.29) is 6.17 Å². The summed E-state index contributed by atoms with van der Waals surface area (Å²) < 4.78 is 38.1. The summed E-state index contributed by atoms with van der Waals surface area (Å²) in [6.07, 6.45) is -4.69. The first-order chi connectivity index (χ1) is 10.9. The summed E-state index contributed by atoms with van der Waals surface area (Å²) in [5, 5.41) is 2.24. The highest BCUT2D eigenvalue weighted by atomic mass is 32.1. The largest absolute Gasteiger partial charge is 0.416 e. The Labute approximate surface area is 137 Å². The third-order valence-corrected chi connectivity index (χ3v) is 4.13. The van der Waals surface area contributed by atoms with Crippen molar-refractivity contribution in [1.82, 2.24) is 10.4 Å². The molecular weight excluding hydrogens is 323 g/mol. The number of halogens is 3. The van der Waals surface area contributed by atoms with Crippen molar-refractivity contribution in [3.63, 3.8) is 0 Å². The molecule has 0 bridgehead atoms. The maximum Gasteiger partial charge on any atom is 0.416 e. The van der Waals surface area contributed by atoms with E-state index < -0.39 is 11.7 Å². The zero-order chi connectivity index (χ0) is 16.6. The van der Waals surface area contributed by atoms with E-state index in [0.717, 1.165) is 17.8 Å². The number of para-hydroxylation sites is 1. The standard InChI is InChI=1S/C16H14F3N3S/c1-21-15(23)22(13-5-3-2-4-6-13)14(20-21)11-7-9-12(10-8-11)16(17,18)19/h2-10,14,20H,1H3. The third-order valence-electron chi connectivity index (χ3n) is 3.66. The van der Waals surface area contributed by atoms with Gasteiger partial charge in [0.2, 0.25) is 0 Å². The topological polar surface area (TPSA) is 18.5 Å². The predicted molar refractivity (Wildman–Crippen MR) is 86.6 cm³/mol. The highest BCUT2D eigenvalue weighted by molar-refractivity contribution is 7.80. The molecule has 1 fully saturated rings. The van der Waals surface area contributed by atoms with Gasteiger partial charge in [-0.15, -0.1) is 0 Å². The molecule has 1 N–H and O–H groups in total. The molecule has 0 spiro atoms. The van der Waals surface area contributed by atoms with Gasteiger partial charge in [-0.2, -0.15) is 13.2 Å². The number of nitrogens with zero attached hydrogens (tertiary/aromatic N) is 2. The van der Waals surface area contributed by atoms with Gasteiger partial charge in [0.15, 0.2) is 5.11 Å². The van der Waals surface area contributed by atoms with Gasteiger partial charge in [0.05, 0.1) is 5.56 Å². The molecule has 1 unspecified atom stereocenters. The maximum atomic E-state index is 12.7. The lowest BCUT2D eigenvalue weighted by atomic mass is 10.1. The van der Waals surface area contributed by atoms with Crippen molar-refractivity contribution >= 4 is 23.0 Å². The molecule has 2 aromatic carbocycles. The summed E-state index contributed by atoms with van der Waals surface area (Å²) in [6.45, 7) is 0. The maximum absolute atomic E-state index is 12.7. The molecule has 0 saturated carbocycles. The number of alkyl halides is 3. The van der Waals surface area contributed by atoms with Crippen LogP contribution in [0.4, 0.5) is 18.9 Å². The van der Waals surface area contributed by atoms with Crippen LogP contribution in [0.2, 0.25) is 0 Å². The Morgan fingerprint density at radius 3 is 2.17 bits per heavy atom. The normalized spacial score (nSPS) is 18.6. The smallest absolute Gasteiger partial charge is 0.296 e. The van der Waals surface area contributed by atoms with Crippen molar-refractivity contribution in [1.29, 1.82) is 0 Å². The zero-order valence-corrected chi connectivity index (χ0v) is 13.0. The minimum Gasteiger partial charge on any atom is -0.296 e. The number of rotatable bonds is 2. The highest BCUT2D eigenvalue weighted by Crippen LogP contribution is 2.33. The second-order valence-electron chi connectivity index (χ2n) is 5.20. The number of anilines is 1. The summed E-state index contributed by atoms with van der Waals surface area (Å²) in [4.78, 5) is 1.87. The highest BCUT2D eigenvalue weighted by Gasteiger charge is 2.35. The van der Waals surface area contributed by atoms with Gasteiger partial charge in [0.25, 0.3) is 0 Å². The summed E-state index contributed by atoms with van der Waals surface area (Å²) >= 11 is 5.42. The molecule has 0 aromatic heterocycles. The van der Waals surface area contributed by atoms with Gasteiger partial charge in [-0.1, -0.05) is 30.3 Å². The van der Waals surface area contributed by atoms with Gasteiger partial charge >= 0.3 is 6.18 Å². The number of hydrogen-bond acceptors (Lipinski definition) is 2. The van der Waals surface area contributed by atoms with Gasteiger partial charge in [-0.25, -0.2) is 5.43 Å². The van der Waals surface area contributed by atoms with E-state index in [2.05, 4.69) is 5.43 Å². The molecule has 3 nitrogen and oxygen atoms in total. The number of hydrogen-bond donors (Lipinski definition) is 1. The van der Waals surface area contributed by atoms with E-state index in [1.54, 1.807) is 12.1 Å². The van der Waals surface area contributed by atoms with Gasteiger partial charge in [0.1, 0.15) is 6.17 Å². The van der Waals surface area contributed by atoms with Crippen molar-refractivity contribution in [3.05, 3.63) is 65.7 Å². The quantitative estimate of drug-likeness (QED) is 0.836. The van der Waals surface area contributed by atoms with Gasteiger partial charge < -0.3 is 0 Å². The Kier molecular flexibility index (Phi) is 3.99. The molecule has 7 heteroatoms. The van der Waals surface area contributed by atoms with Crippen LogP contribution in [0.1, 0.15) is 17.3 Å². The average molecular weight is 337 g/mol. The lowest BCUT2D eigenvalue weighted by Crippen LogP contribution is -2.30. The molecule has 1 heterocycles. The van der Waals surface area contributed by atoms with Crippen molar-refractivity contribution in [3.8, 4) is 0 Å². The molecule has 0 radical (unpaired) electrons. The van der Waals surface area contributed by atoms with Crippen LogP contribution in [-0.4, -0.2) is 17.2 Å². The van der Waals surface area contributed by atoms with Crippen LogP contribution in [0.15, 0.2) is 54.6 Å². The first-order valence-electron chi connectivity index (χ1n) is 6.93. The fourth-order valence-corrected chi connectivity index (χ4v) is 2.76. The molecule has 1 saturated heterocycles. The average Bonchev–Trinajstić information content (AvgIpc) is 2.83. The van der Waals surface area contributed by atoms with Crippen LogP contribution < -0.4 is 10.3 Å². The lowest BCUT2D eigenvalue weighted by molar-refractivity contribution is -0.137. The molecule has 3 rings (SSSR count). The first kappa shape index (κ1) is 15.8. The Morgan fingerprint density at radius 1 is 1.00 bits per heavy atom. The van der Waals surface area contributed by atoms with E-state index in [0.29, 0.717) is 10.7 Å². The minimum absolute atomic E-state index is 0.350. The van der Waals surface area contributed by atoms with Crippen LogP contribution in [-0.2, 0) is 6.18 Å². The fourth-order valence-electron chi connectivity index (χ4n) is 2.49. The fraction of sp³-hybridized carbons (Fsp3) is 0.188. The lowest BCUT2D eigenvalue weighted by Gasteiger charge is -2.24. The summed E-state index contributed by atoms with van der Waals surface area (Å²) in [5.74, 6) is 0. The van der Waals surface area contributed by atoms with Gasteiger partial charge in [-0.05, 0) is 42.0 Å². The minimum atomic E-state index is -4.34. The Balaban J connectivity index is 1.95. The molecule has 1 aliphatic rings. The van der Waals surface area contributed by atoms with Crippen LogP contribution in [0.25, 0.3) is 0 Å². The second-order valence-corrected chi connectivity index (χ2v) is 5.56. The molecule has 0 amide bonds. The molecule has 23 heavy (non-hydrogen) atoms. The van der Waals surface area contributed by atoms with Crippen LogP contribution in [0.5, 0.6) is 0 Å². The van der Waals surface area contributed by atoms with Crippen LogP contribution in [0, 0.1) is 0 Å². The Hall–Kier alpha value is -2.12. The SMILES string of the molecule is CN1NC(c2ccc(C(F)(F)F)cc2)N(c2ccccc2)C1=S.